The maximum absolute atomic E-state index is 11.8. The second kappa shape index (κ2) is 3.84. The molecule has 2 aromatic rings. The van der Waals surface area contributed by atoms with Crippen LogP contribution in [0.1, 0.15) is 18.4 Å². The monoisotopic (exact) mass is 278 g/mol. The van der Waals surface area contributed by atoms with Crippen LogP contribution in [0.2, 0.25) is 0 Å². The van der Waals surface area contributed by atoms with Crippen molar-refractivity contribution in [2.24, 2.45) is 0 Å². The lowest BCUT2D eigenvalue weighted by Gasteiger charge is -2.13. The third-order valence-electron chi connectivity index (χ3n) is 3.73. The van der Waals surface area contributed by atoms with Gasteiger partial charge in [-0.05, 0) is 24.0 Å². The van der Waals surface area contributed by atoms with Crippen LogP contribution in [0.5, 0.6) is 0 Å². The van der Waals surface area contributed by atoms with Gasteiger partial charge in [-0.25, -0.2) is 8.42 Å². The van der Waals surface area contributed by atoms with Crippen molar-refractivity contribution in [1.29, 1.82) is 0 Å². The van der Waals surface area contributed by atoms with E-state index in [1.54, 1.807) is 6.20 Å². The highest BCUT2D eigenvalue weighted by atomic mass is 32.2. The number of nitrogen functional groups attached to an aromatic ring is 1. The molecule has 1 saturated carbocycles. The minimum Gasteiger partial charge on any atom is -0.367 e. The quantitative estimate of drug-likeness (QED) is 0.927. The van der Waals surface area contributed by atoms with Gasteiger partial charge in [0, 0.05) is 6.26 Å². The average Bonchev–Trinajstić information content (AvgIpc) is 3.08. The van der Waals surface area contributed by atoms with Gasteiger partial charge < -0.3 is 10.3 Å². The first-order valence-electron chi connectivity index (χ1n) is 5.95. The fraction of sp³-hybridized carbons (Fsp3) is 0.308. The zero-order valence-corrected chi connectivity index (χ0v) is 11.3. The lowest BCUT2D eigenvalue weighted by Crippen LogP contribution is -2.19. The summed E-state index contributed by atoms with van der Waals surface area (Å²) in [6.45, 7) is 0. The Balaban J connectivity index is 1.99. The van der Waals surface area contributed by atoms with E-state index in [-0.39, 0.29) is 5.88 Å². The summed E-state index contributed by atoms with van der Waals surface area (Å²) in [7, 11) is -3.07. The highest BCUT2D eigenvalue weighted by Crippen LogP contribution is 2.52. The number of hydrogen-bond donors (Lipinski definition) is 1. The van der Waals surface area contributed by atoms with Crippen molar-refractivity contribution in [2.75, 3.05) is 12.0 Å². The Bertz CT molecular complexity index is 713. The summed E-state index contributed by atoms with van der Waals surface area (Å²) < 4.78 is 27.8. The van der Waals surface area contributed by atoms with Gasteiger partial charge in [0.25, 0.3) is 0 Å². The maximum atomic E-state index is 11.8. The summed E-state index contributed by atoms with van der Waals surface area (Å²) in [6, 6.07) is 7.39. The van der Waals surface area contributed by atoms with Gasteiger partial charge in [-0.1, -0.05) is 29.4 Å². The molecule has 0 bridgehead atoms. The molecule has 0 unspecified atom stereocenters. The molecule has 100 valence electrons. The van der Waals surface area contributed by atoms with Gasteiger partial charge in [0.1, 0.15) is 0 Å². The highest BCUT2D eigenvalue weighted by molar-refractivity contribution is 7.92. The lowest BCUT2D eigenvalue weighted by atomic mass is 10.0. The molecule has 0 radical (unpaired) electrons. The van der Waals surface area contributed by atoms with E-state index < -0.39 is 14.6 Å². The molecule has 1 aromatic carbocycles. The molecule has 0 amide bonds. The molecule has 1 heterocycles. The second-order valence-electron chi connectivity index (χ2n) is 4.95. The van der Waals surface area contributed by atoms with Crippen molar-refractivity contribution in [3.63, 3.8) is 0 Å². The van der Waals surface area contributed by atoms with Gasteiger partial charge in [0.05, 0.1) is 16.5 Å². The molecule has 1 fully saturated rings. The molecule has 19 heavy (non-hydrogen) atoms. The minimum atomic E-state index is -3.07. The van der Waals surface area contributed by atoms with Crippen LogP contribution in [-0.4, -0.2) is 19.8 Å². The van der Waals surface area contributed by atoms with Gasteiger partial charge in [0.15, 0.2) is 9.84 Å². The molecule has 2 N–H and O–H groups in total. The normalized spacial score (nSPS) is 17.3. The third-order valence-corrected chi connectivity index (χ3v) is 5.80. The summed E-state index contributed by atoms with van der Waals surface area (Å²) in [5.74, 6) is 0.261. The minimum absolute atomic E-state index is 0.261. The molecule has 1 aliphatic carbocycles. The van der Waals surface area contributed by atoms with E-state index in [9.17, 15) is 8.42 Å². The number of rotatable bonds is 3. The van der Waals surface area contributed by atoms with Gasteiger partial charge in [-0.3, -0.25) is 0 Å². The largest absolute Gasteiger partial charge is 0.367 e. The Labute approximate surface area is 111 Å². The molecule has 3 rings (SSSR count). The van der Waals surface area contributed by atoms with Crippen LogP contribution in [0.4, 0.5) is 5.88 Å². The average molecular weight is 278 g/mol. The zero-order chi connectivity index (χ0) is 13.7. The SMILES string of the molecule is CS(=O)(=O)C1(c2ccc(-c3cnoc3N)cc2)CC1. The van der Waals surface area contributed by atoms with Crippen molar-refractivity contribution in [3.8, 4) is 11.1 Å². The first-order chi connectivity index (χ1) is 8.94. The Kier molecular flexibility index (Phi) is 2.47. The number of nitrogens with two attached hydrogens (primary N) is 1. The molecule has 6 heteroatoms. The molecular weight excluding hydrogens is 264 g/mol. The van der Waals surface area contributed by atoms with Gasteiger partial charge in [-0.15, -0.1) is 0 Å². The number of hydrogen-bond acceptors (Lipinski definition) is 5. The summed E-state index contributed by atoms with van der Waals surface area (Å²) in [4.78, 5) is 0. The first-order valence-corrected chi connectivity index (χ1v) is 7.84. The predicted octanol–water partition coefficient (Wildman–Crippen LogP) is 1.96. The molecule has 1 aromatic heterocycles. The maximum Gasteiger partial charge on any atom is 0.229 e. The smallest absolute Gasteiger partial charge is 0.229 e. The standard InChI is InChI=1S/C13H14N2O3S/c1-19(16,17)13(6-7-13)10-4-2-9(3-5-10)11-8-15-18-12(11)14/h2-5,8H,6-7,14H2,1H3. The van der Waals surface area contributed by atoms with E-state index in [4.69, 9.17) is 10.3 Å². The van der Waals surface area contributed by atoms with Crippen LogP contribution in [0.3, 0.4) is 0 Å². The van der Waals surface area contributed by atoms with Crippen molar-refractivity contribution in [3.05, 3.63) is 36.0 Å². The number of anilines is 1. The summed E-state index contributed by atoms with van der Waals surface area (Å²) in [6.07, 6.45) is 4.24. The van der Waals surface area contributed by atoms with Crippen LogP contribution >= 0.6 is 0 Å². The number of benzene rings is 1. The molecule has 0 saturated heterocycles. The Morgan fingerprint density at radius 2 is 1.89 bits per heavy atom. The number of sulfone groups is 1. The molecule has 0 spiro atoms. The predicted molar refractivity (Wildman–Crippen MR) is 72.1 cm³/mol. The molecule has 0 aliphatic heterocycles. The Hall–Kier alpha value is -1.82. The number of aromatic nitrogens is 1. The van der Waals surface area contributed by atoms with E-state index >= 15 is 0 Å². The van der Waals surface area contributed by atoms with Gasteiger partial charge >= 0.3 is 0 Å². The molecular formula is C13H14N2O3S. The van der Waals surface area contributed by atoms with E-state index in [0.717, 1.165) is 16.7 Å². The molecule has 0 atom stereocenters. The zero-order valence-electron chi connectivity index (χ0n) is 10.5. The van der Waals surface area contributed by atoms with Crippen molar-refractivity contribution in [2.45, 2.75) is 17.6 Å². The Morgan fingerprint density at radius 3 is 2.32 bits per heavy atom. The van der Waals surface area contributed by atoms with Crippen molar-refractivity contribution in [1.82, 2.24) is 5.16 Å². The van der Waals surface area contributed by atoms with Gasteiger partial charge in [0.2, 0.25) is 5.88 Å². The molecule has 1 aliphatic rings. The topological polar surface area (TPSA) is 86.2 Å². The Morgan fingerprint density at radius 1 is 1.26 bits per heavy atom. The summed E-state index contributed by atoms with van der Waals surface area (Å²) in [5.41, 5.74) is 8.08. The van der Waals surface area contributed by atoms with Crippen LogP contribution in [-0.2, 0) is 14.6 Å². The lowest BCUT2D eigenvalue weighted by molar-refractivity contribution is 0.436. The summed E-state index contributed by atoms with van der Waals surface area (Å²) >= 11 is 0. The third kappa shape index (κ3) is 1.83. The van der Waals surface area contributed by atoms with Crippen molar-refractivity contribution >= 4 is 15.7 Å². The summed E-state index contributed by atoms with van der Waals surface area (Å²) in [5, 5.41) is 3.62. The second-order valence-corrected chi connectivity index (χ2v) is 7.27. The fourth-order valence-electron chi connectivity index (χ4n) is 2.41. The highest BCUT2D eigenvalue weighted by Gasteiger charge is 2.53. The molecule has 5 nitrogen and oxygen atoms in total. The van der Waals surface area contributed by atoms with E-state index in [1.165, 1.54) is 6.26 Å². The van der Waals surface area contributed by atoms with E-state index in [1.807, 2.05) is 24.3 Å². The van der Waals surface area contributed by atoms with Crippen molar-refractivity contribution < 1.29 is 12.9 Å². The number of nitrogens with zero attached hydrogens (tertiary/aromatic N) is 1. The first kappa shape index (κ1) is 12.2. The van der Waals surface area contributed by atoms with Gasteiger partial charge in [-0.2, -0.15) is 0 Å². The van der Waals surface area contributed by atoms with Crippen LogP contribution in [0.25, 0.3) is 11.1 Å². The van der Waals surface area contributed by atoms with Crippen LogP contribution in [0, 0.1) is 0 Å². The van der Waals surface area contributed by atoms with E-state index in [2.05, 4.69) is 5.16 Å². The van der Waals surface area contributed by atoms with Crippen LogP contribution < -0.4 is 5.73 Å². The van der Waals surface area contributed by atoms with Crippen LogP contribution in [0.15, 0.2) is 35.0 Å². The van der Waals surface area contributed by atoms with E-state index in [0.29, 0.717) is 12.8 Å². The fourth-order valence-corrected chi connectivity index (χ4v) is 3.81.